The van der Waals surface area contributed by atoms with Crippen molar-refractivity contribution in [1.29, 1.82) is 0 Å². The van der Waals surface area contributed by atoms with Crippen molar-refractivity contribution >= 4 is 17.6 Å². The molecule has 27 heavy (non-hydrogen) atoms. The van der Waals surface area contributed by atoms with Gasteiger partial charge in [0, 0.05) is 19.3 Å². The van der Waals surface area contributed by atoms with Crippen LogP contribution in [0.15, 0.2) is 48.5 Å². The fourth-order valence-corrected chi connectivity index (χ4v) is 3.14. The molecule has 0 atom stereocenters. The van der Waals surface area contributed by atoms with Gasteiger partial charge in [-0.05, 0) is 36.5 Å². The molecular formula is C22H27N5. The number of aryl methyl sites for hydroxylation is 3. The molecule has 0 radical (unpaired) electrons. The summed E-state index contributed by atoms with van der Waals surface area (Å²) in [5.74, 6) is 1.96. The zero-order chi connectivity index (χ0) is 19.2. The highest BCUT2D eigenvalue weighted by atomic mass is 15.3. The lowest BCUT2D eigenvalue weighted by Gasteiger charge is -2.19. The van der Waals surface area contributed by atoms with Crippen LogP contribution in [-0.4, -0.2) is 22.0 Å². The molecular weight excluding hydrogens is 334 g/mol. The molecule has 1 N–H and O–H groups in total. The van der Waals surface area contributed by atoms with Crippen molar-refractivity contribution in [2.24, 2.45) is 0 Å². The molecule has 1 heterocycles. The molecule has 140 valence electrons. The van der Waals surface area contributed by atoms with Crippen LogP contribution in [-0.2, 0) is 19.4 Å². The maximum absolute atomic E-state index is 4.67. The van der Waals surface area contributed by atoms with E-state index in [4.69, 9.17) is 0 Å². The fourth-order valence-electron chi connectivity index (χ4n) is 3.14. The Balaban J connectivity index is 1.88. The number of hydrogen-bond donors (Lipinski definition) is 1. The lowest BCUT2D eigenvalue weighted by atomic mass is 10.0. The fraction of sp³-hybridized carbons (Fsp3) is 0.318. The molecule has 0 bridgehead atoms. The number of benzene rings is 2. The van der Waals surface area contributed by atoms with Gasteiger partial charge < -0.3 is 10.2 Å². The first-order chi connectivity index (χ1) is 13.1. The molecule has 0 fully saturated rings. The van der Waals surface area contributed by atoms with Crippen LogP contribution in [0.2, 0.25) is 0 Å². The van der Waals surface area contributed by atoms with Crippen molar-refractivity contribution in [1.82, 2.24) is 15.0 Å². The first-order valence-electron chi connectivity index (χ1n) is 9.46. The summed E-state index contributed by atoms with van der Waals surface area (Å²) in [7, 11) is 2.00. The molecule has 0 aliphatic heterocycles. The van der Waals surface area contributed by atoms with E-state index < -0.39 is 0 Å². The first-order valence-corrected chi connectivity index (χ1v) is 9.46. The van der Waals surface area contributed by atoms with Gasteiger partial charge >= 0.3 is 0 Å². The minimum absolute atomic E-state index is 0.591. The predicted molar refractivity (Wildman–Crippen MR) is 112 cm³/mol. The van der Waals surface area contributed by atoms with Gasteiger partial charge in [0.05, 0.1) is 0 Å². The van der Waals surface area contributed by atoms with E-state index in [0.29, 0.717) is 17.7 Å². The highest BCUT2D eigenvalue weighted by molar-refractivity contribution is 5.64. The average Bonchev–Trinajstić information content (AvgIpc) is 2.68. The van der Waals surface area contributed by atoms with Crippen molar-refractivity contribution < 1.29 is 0 Å². The quantitative estimate of drug-likeness (QED) is 0.662. The third-order valence-electron chi connectivity index (χ3n) is 4.58. The second-order valence-electron chi connectivity index (χ2n) is 6.63. The maximum Gasteiger partial charge on any atom is 0.232 e. The number of anilines is 3. The van der Waals surface area contributed by atoms with Gasteiger partial charge in [0.2, 0.25) is 11.9 Å². The van der Waals surface area contributed by atoms with E-state index >= 15 is 0 Å². The summed E-state index contributed by atoms with van der Waals surface area (Å²) >= 11 is 0. The molecule has 2 aromatic carbocycles. The molecule has 3 aromatic rings. The van der Waals surface area contributed by atoms with Gasteiger partial charge in [0.15, 0.2) is 0 Å². The minimum Gasteiger partial charge on any atom is -0.339 e. The van der Waals surface area contributed by atoms with Crippen LogP contribution in [0.5, 0.6) is 0 Å². The number of rotatable bonds is 7. The largest absolute Gasteiger partial charge is 0.339 e. The van der Waals surface area contributed by atoms with Gasteiger partial charge in [-0.1, -0.05) is 62.4 Å². The number of aromatic nitrogens is 3. The molecule has 5 nitrogen and oxygen atoms in total. The standard InChI is InChI=1S/C22H27N5/c1-5-18-13-10-14-19(6-2)20(18)25-21-23-16(3)24-22(26-21)27(4)15-17-11-8-7-9-12-17/h7-14H,5-6,15H2,1-4H3,(H,23,24,25,26). The van der Waals surface area contributed by atoms with E-state index in [0.717, 1.165) is 25.1 Å². The van der Waals surface area contributed by atoms with Crippen molar-refractivity contribution in [3.63, 3.8) is 0 Å². The van der Waals surface area contributed by atoms with E-state index in [1.54, 1.807) is 0 Å². The summed E-state index contributed by atoms with van der Waals surface area (Å²) in [4.78, 5) is 15.7. The minimum atomic E-state index is 0.591. The summed E-state index contributed by atoms with van der Waals surface area (Å²) < 4.78 is 0. The first kappa shape index (κ1) is 18.8. The third-order valence-corrected chi connectivity index (χ3v) is 4.58. The van der Waals surface area contributed by atoms with Gasteiger partial charge in [-0.25, -0.2) is 0 Å². The molecule has 0 aliphatic carbocycles. The Morgan fingerprint density at radius 1 is 0.852 bits per heavy atom. The van der Waals surface area contributed by atoms with Gasteiger partial charge in [0.1, 0.15) is 5.82 Å². The molecule has 1 aromatic heterocycles. The summed E-state index contributed by atoms with van der Waals surface area (Å²) in [6.45, 7) is 6.98. The van der Waals surface area contributed by atoms with Crippen molar-refractivity contribution in [2.45, 2.75) is 40.2 Å². The van der Waals surface area contributed by atoms with Gasteiger partial charge in [-0.15, -0.1) is 0 Å². The van der Waals surface area contributed by atoms with Gasteiger partial charge in [0.25, 0.3) is 0 Å². The Hall–Kier alpha value is -2.95. The van der Waals surface area contributed by atoms with E-state index in [9.17, 15) is 0 Å². The normalized spacial score (nSPS) is 10.7. The summed E-state index contributed by atoms with van der Waals surface area (Å²) in [6, 6.07) is 16.7. The van der Waals surface area contributed by atoms with E-state index in [2.05, 4.69) is 64.4 Å². The summed E-state index contributed by atoms with van der Waals surface area (Å²) in [5, 5.41) is 3.45. The molecule has 0 aliphatic rings. The Morgan fingerprint density at radius 3 is 2.15 bits per heavy atom. The Morgan fingerprint density at radius 2 is 1.52 bits per heavy atom. The molecule has 3 rings (SSSR count). The monoisotopic (exact) mass is 361 g/mol. The molecule has 0 saturated carbocycles. The van der Waals surface area contributed by atoms with Crippen molar-refractivity contribution in [2.75, 3.05) is 17.3 Å². The molecule has 0 spiro atoms. The van der Waals surface area contributed by atoms with E-state index in [1.807, 2.05) is 37.1 Å². The second kappa shape index (κ2) is 8.62. The molecule has 0 saturated heterocycles. The van der Waals surface area contributed by atoms with Crippen LogP contribution in [0.4, 0.5) is 17.6 Å². The lowest BCUT2D eigenvalue weighted by Crippen LogP contribution is -2.20. The average molecular weight is 361 g/mol. The highest BCUT2D eigenvalue weighted by Gasteiger charge is 2.12. The number of hydrogen-bond acceptors (Lipinski definition) is 5. The van der Waals surface area contributed by atoms with Crippen LogP contribution in [0, 0.1) is 6.92 Å². The number of para-hydroxylation sites is 1. The van der Waals surface area contributed by atoms with Crippen LogP contribution >= 0.6 is 0 Å². The van der Waals surface area contributed by atoms with Crippen LogP contribution in [0.3, 0.4) is 0 Å². The smallest absolute Gasteiger partial charge is 0.232 e. The zero-order valence-electron chi connectivity index (χ0n) is 16.5. The highest BCUT2D eigenvalue weighted by Crippen LogP contribution is 2.25. The molecule has 5 heteroatoms. The maximum atomic E-state index is 4.67. The Bertz CT molecular complexity index is 870. The second-order valence-corrected chi connectivity index (χ2v) is 6.63. The SMILES string of the molecule is CCc1cccc(CC)c1Nc1nc(C)nc(N(C)Cc2ccccc2)n1. The van der Waals surface area contributed by atoms with Gasteiger partial charge in [-0.3, -0.25) is 0 Å². The van der Waals surface area contributed by atoms with Crippen molar-refractivity contribution in [3.05, 3.63) is 71.0 Å². The Kier molecular flexibility index (Phi) is 6.01. The lowest BCUT2D eigenvalue weighted by molar-refractivity contribution is 0.841. The number of nitrogens with zero attached hydrogens (tertiary/aromatic N) is 4. The summed E-state index contributed by atoms with van der Waals surface area (Å²) in [5.41, 5.74) is 4.88. The van der Waals surface area contributed by atoms with Gasteiger partial charge in [-0.2, -0.15) is 15.0 Å². The predicted octanol–water partition coefficient (Wildman–Crippen LogP) is 4.68. The zero-order valence-corrected chi connectivity index (χ0v) is 16.5. The number of nitrogens with one attached hydrogen (secondary N) is 1. The van der Waals surface area contributed by atoms with E-state index in [1.165, 1.54) is 16.7 Å². The molecule has 0 unspecified atom stereocenters. The van der Waals surface area contributed by atoms with Crippen LogP contribution < -0.4 is 10.2 Å². The van der Waals surface area contributed by atoms with E-state index in [-0.39, 0.29) is 0 Å². The third kappa shape index (κ3) is 4.61. The van der Waals surface area contributed by atoms with Crippen LogP contribution in [0.25, 0.3) is 0 Å². The molecule has 0 amide bonds. The topological polar surface area (TPSA) is 53.9 Å². The summed E-state index contributed by atoms with van der Waals surface area (Å²) in [6.07, 6.45) is 1.92. The Labute approximate surface area is 161 Å². The van der Waals surface area contributed by atoms with Crippen molar-refractivity contribution in [3.8, 4) is 0 Å². The van der Waals surface area contributed by atoms with Crippen LogP contribution in [0.1, 0.15) is 36.4 Å².